The van der Waals surface area contributed by atoms with E-state index in [4.69, 9.17) is 11.6 Å². The Morgan fingerprint density at radius 2 is 1.82 bits per heavy atom. The predicted octanol–water partition coefficient (Wildman–Crippen LogP) is 5.97. The normalized spacial score (nSPS) is 15.1. The quantitative estimate of drug-likeness (QED) is 0.446. The minimum absolute atomic E-state index is 0.101. The van der Waals surface area contributed by atoms with Crippen LogP contribution in [0.4, 0.5) is 4.39 Å². The van der Waals surface area contributed by atoms with Gasteiger partial charge in [0.05, 0.1) is 5.75 Å². The lowest BCUT2D eigenvalue weighted by Crippen LogP contribution is -2.52. The lowest BCUT2D eigenvalue weighted by Gasteiger charge is -2.32. The average molecular weight is 491 g/mol. The first kappa shape index (κ1) is 25.6. The Balaban J connectivity index is 1.70. The number of thioether (sulfide) groups is 1. The van der Waals surface area contributed by atoms with Crippen LogP contribution in [0.2, 0.25) is 5.02 Å². The van der Waals surface area contributed by atoms with Crippen molar-refractivity contribution in [3.63, 3.8) is 0 Å². The van der Waals surface area contributed by atoms with Crippen LogP contribution in [0.15, 0.2) is 48.5 Å². The number of hydrogen-bond acceptors (Lipinski definition) is 3. The van der Waals surface area contributed by atoms with Crippen LogP contribution >= 0.6 is 23.4 Å². The topological polar surface area (TPSA) is 49.4 Å². The minimum atomic E-state index is -0.564. The molecule has 2 amide bonds. The molecule has 0 aliphatic heterocycles. The summed E-state index contributed by atoms with van der Waals surface area (Å²) in [6.07, 6.45) is 5.95. The molecule has 1 aliphatic rings. The van der Waals surface area contributed by atoms with Gasteiger partial charge in [-0.2, -0.15) is 0 Å². The molecular formula is C26H32ClFN2O2S. The van der Waals surface area contributed by atoms with Crippen molar-refractivity contribution in [1.29, 1.82) is 0 Å². The monoisotopic (exact) mass is 490 g/mol. The average Bonchev–Trinajstić information content (AvgIpc) is 2.82. The molecule has 0 spiro atoms. The van der Waals surface area contributed by atoms with E-state index in [1.54, 1.807) is 17.0 Å². The fourth-order valence-electron chi connectivity index (χ4n) is 4.20. The highest BCUT2D eigenvalue weighted by Crippen LogP contribution is 2.23. The Morgan fingerprint density at radius 3 is 2.48 bits per heavy atom. The van der Waals surface area contributed by atoms with Crippen molar-refractivity contribution in [2.75, 3.05) is 5.75 Å². The third kappa shape index (κ3) is 7.75. The molecule has 1 unspecified atom stereocenters. The van der Waals surface area contributed by atoms with Gasteiger partial charge in [-0.3, -0.25) is 9.59 Å². The van der Waals surface area contributed by atoms with E-state index in [0.29, 0.717) is 17.2 Å². The molecule has 7 heteroatoms. The molecule has 0 radical (unpaired) electrons. The van der Waals surface area contributed by atoms with E-state index >= 15 is 0 Å². The maximum Gasteiger partial charge on any atom is 0.243 e. The lowest BCUT2D eigenvalue weighted by molar-refractivity contribution is -0.139. The number of rotatable bonds is 10. The fourth-order valence-corrected chi connectivity index (χ4v) is 5.39. The second-order valence-electron chi connectivity index (χ2n) is 8.50. The largest absolute Gasteiger partial charge is 0.352 e. The molecule has 1 fully saturated rings. The molecular weight excluding hydrogens is 459 g/mol. The Labute approximate surface area is 205 Å². The summed E-state index contributed by atoms with van der Waals surface area (Å²) in [5, 5.41) is 3.85. The highest BCUT2D eigenvalue weighted by Gasteiger charge is 2.30. The summed E-state index contributed by atoms with van der Waals surface area (Å²) in [6, 6.07) is 13.3. The number of amides is 2. The van der Waals surface area contributed by atoms with Gasteiger partial charge in [0.25, 0.3) is 0 Å². The van der Waals surface area contributed by atoms with E-state index in [2.05, 4.69) is 5.32 Å². The van der Waals surface area contributed by atoms with Crippen molar-refractivity contribution < 1.29 is 14.0 Å². The van der Waals surface area contributed by atoms with E-state index in [1.165, 1.54) is 30.3 Å². The Kier molecular flexibility index (Phi) is 10.1. The van der Waals surface area contributed by atoms with Gasteiger partial charge in [-0.05, 0) is 48.6 Å². The first-order valence-electron chi connectivity index (χ1n) is 11.6. The van der Waals surface area contributed by atoms with Crippen molar-refractivity contribution in [3.8, 4) is 0 Å². The fraction of sp³-hybridized carbons (Fsp3) is 0.462. The van der Waals surface area contributed by atoms with Gasteiger partial charge in [0.15, 0.2) is 0 Å². The first-order chi connectivity index (χ1) is 16.0. The standard InChI is InChI=1S/C26H32ClFN2O2S/c1-2-24(26(32)29-22-9-4-3-5-10-22)30(16-19-12-14-21(28)15-13-19)25(31)18-33-17-20-8-6-7-11-23(20)27/h6-8,11-15,22,24H,2-5,9-10,16-18H2,1H3,(H,29,32). The van der Waals surface area contributed by atoms with Gasteiger partial charge in [0.1, 0.15) is 11.9 Å². The second kappa shape index (κ2) is 13.0. The summed E-state index contributed by atoms with van der Waals surface area (Å²) in [5.41, 5.74) is 1.77. The molecule has 0 aromatic heterocycles. The van der Waals surface area contributed by atoms with E-state index in [0.717, 1.165) is 36.8 Å². The van der Waals surface area contributed by atoms with Gasteiger partial charge < -0.3 is 10.2 Å². The van der Waals surface area contributed by atoms with Gasteiger partial charge in [-0.25, -0.2) is 4.39 Å². The summed E-state index contributed by atoms with van der Waals surface area (Å²) in [7, 11) is 0. The maximum absolute atomic E-state index is 13.4. The summed E-state index contributed by atoms with van der Waals surface area (Å²) in [6.45, 7) is 2.19. The number of nitrogens with zero attached hydrogens (tertiary/aromatic N) is 1. The SMILES string of the molecule is CCC(C(=O)NC1CCCCC1)N(Cc1ccc(F)cc1)C(=O)CSCc1ccccc1Cl. The van der Waals surface area contributed by atoms with Crippen LogP contribution in [-0.4, -0.2) is 34.6 Å². The number of hydrogen-bond donors (Lipinski definition) is 1. The molecule has 1 aliphatic carbocycles. The molecule has 0 bridgehead atoms. The molecule has 3 rings (SSSR count). The minimum Gasteiger partial charge on any atom is -0.352 e. The van der Waals surface area contributed by atoms with Crippen molar-refractivity contribution in [2.45, 2.75) is 69.8 Å². The van der Waals surface area contributed by atoms with Crippen LogP contribution in [0.3, 0.4) is 0 Å². The van der Waals surface area contributed by atoms with Crippen molar-refractivity contribution in [3.05, 3.63) is 70.5 Å². The van der Waals surface area contributed by atoms with Gasteiger partial charge in [-0.1, -0.05) is 68.1 Å². The highest BCUT2D eigenvalue weighted by atomic mass is 35.5. The second-order valence-corrected chi connectivity index (χ2v) is 9.89. The summed E-state index contributed by atoms with van der Waals surface area (Å²) in [4.78, 5) is 28.1. The molecule has 1 saturated carbocycles. The van der Waals surface area contributed by atoms with Crippen LogP contribution in [0.25, 0.3) is 0 Å². The van der Waals surface area contributed by atoms with Crippen molar-refractivity contribution >= 4 is 35.2 Å². The predicted molar refractivity (Wildman–Crippen MR) is 134 cm³/mol. The molecule has 2 aromatic carbocycles. The van der Waals surface area contributed by atoms with Gasteiger partial charge in [-0.15, -0.1) is 11.8 Å². The number of nitrogens with one attached hydrogen (secondary N) is 1. The molecule has 1 N–H and O–H groups in total. The van der Waals surface area contributed by atoms with Crippen LogP contribution in [0.5, 0.6) is 0 Å². The zero-order valence-electron chi connectivity index (χ0n) is 19.1. The van der Waals surface area contributed by atoms with Gasteiger partial charge in [0, 0.05) is 23.4 Å². The molecule has 178 valence electrons. The van der Waals surface area contributed by atoms with E-state index in [-0.39, 0.29) is 36.0 Å². The lowest BCUT2D eigenvalue weighted by atomic mass is 9.95. The molecule has 1 atom stereocenters. The Hall–Kier alpha value is -2.05. The van der Waals surface area contributed by atoms with E-state index in [1.807, 2.05) is 31.2 Å². The summed E-state index contributed by atoms with van der Waals surface area (Å²) < 4.78 is 13.4. The van der Waals surface area contributed by atoms with E-state index in [9.17, 15) is 14.0 Å². The van der Waals surface area contributed by atoms with Crippen molar-refractivity contribution in [2.24, 2.45) is 0 Å². The van der Waals surface area contributed by atoms with Crippen molar-refractivity contribution in [1.82, 2.24) is 10.2 Å². The smallest absolute Gasteiger partial charge is 0.243 e. The molecule has 0 saturated heterocycles. The number of carbonyl (C=O) groups excluding carboxylic acids is 2. The summed E-state index contributed by atoms with van der Waals surface area (Å²) in [5.74, 6) is 0.313. The van der Waals surface area contributed by atoms with E-state index < -0.39 is 6.04 Å². The number of halogens is 2. The maximum atomic E-state index is 13.4. The third-order valence-corrected chi connectivity index (χ3v) is 7.38. The van der Waals surface area contributed by atoms with Gasteiger partial charge >= 0.3 is 0 Å². The first-order valence-corrected chi connectivity index (χ1v) is 13.2. The third-order valence-electron chi connectivity index (χ3n) is 6.04. The van der Waals surface area contributed by atoms with Crippen LogP contribution in [0, 0.1) is 5.82 Å². The Morgan fingerprint density at radius 1 is 1.12 bits per heavy atom. The van der Waals surface area contributed by atoms with Gasteiger partial charge in [0.2, 0.25) is 11.8 Å². The van der Waals surface area contributed by atoms with Crippen LogP contribution < -0.4 is 5.32 Å². The van der Waals surface area contributed by atoms with Crippen LogP contribution in [-0.2, 0) is 21.9 Å². The zero-order valence-corrected chi connectivity index (χ0v) is 20.6. The molecule has 2 aromatic rings. The summed E-state index contributed by atoms with van der Waals surface area (Å²) >= 11 is 7.71. The highest BCUT2D eigenvalue weighted by molar-refractivity contribution is 7.99. The van der Waals surface area contributed by atoms with Crippen LogP contribution in [0.1, 0.15) is 56.6 Å². The Bertz CT molecular complexity index is 919. The number of benzene rings is 2. The molecule has 4 nitrogen and oxygen atoms in total. The zero-order chi connectivity index (χ0) is 23.6. The molecule has 33 heavy (non-hydrogen) atoms. The molecule has 0 heterocycles. The number of carbonyl (C=O) groups is 2.